The van der Waals surface area contributed by atoms with Crippen LogP contribution in [0.5, 0.6) is 0 Å². The molecular weight excluding hydrogens is 228 g/mol. The molecule has 1 atom stereocenters. The summed E-state index contributed by atoms with van der Waals surface area (Å²) in [4.78, 5) is 12.1. The normalized spacial score (nSPS) is 23.0. The van der Waals surface area contributed by atoms with Crippen molar-refractivity contribution in [3.8, 4) is 0 Å². The molecule has 0 saturated carbocycles. The van der Waals surface area contributed by atoms with Gasteiger partial charge in [-0.25, -0.2) is 0 Å². The van der Waals surface area contributed by atoms with Crippen molar-refractivity contribution < 1.29 is 9.90 Å². The Bertz CT molecular complexity index is 426. The van der Waals surface area contributed by atoms with Gasteiger partial charge in [0.05, 0.1) is 12.1 Å². The maximum absolute atomic E-state index is 12.1. The molecule has 1 aromatic rings. The van der Waals surface area contributed by atoms with Gasteiger partial charge in [-0.05, 0) is 37.4 Å². The summed E-state index contributed by atoms with van der Waals surface area (Å²) in [7, 11) is 0. The third-order valence-corrected chi connectivity index (χ3v) is 3.50. The molecule has 0 bridgehead atoms. The van der Waals surface area contributed by atoms with Crippen LogP contribution < -0.4 is 10.6 Å². The third kappa shape index (κ3) is 2.89. The number of hydrogen-bond donors (Lipinski definition) is 3. The lowest BCUT2D eigenvalue weighted by molar-refractivity contribution is -0.126. The minimum Gasteiger partial charge on any atom is -0.392 e. The number of hydrogen-bond acceptors (Lipinski definition) is 3. The van der Waals surface area contributed by atoms with Gasteiger partial charge in [0, 0.05) is 6.54 Å². The zero-order chi connectivity index (χ0) is 13.0. The summed E-state index contributed by atoms with van der Waals surface area (Å²) in [6.07, 6.45) is 1.93. The van der Waals surface area contributed by atoms with E-state index in [2.05, 4.69) is 10.6 Å². The fraction of sp³-hybridized carbons (Fsp3) is 0.500. The number of carbonyl (C=O) groups excluding carboxylic acids is 1. The molecule has 1 aliphatic rings. The molecule has 18 heavy (non-hydrogen) atoms. The zero-order valence-corrected chi connectivity index (χ0v) is 10.7. The van der Waals surface area contributed by atoms with E-state index in [-0.39, 0.29) is 12.5 Å². The first-order chi connectivity index (χ1) is 8.64. The van der Waals surface area contributed by atoms with Gasteiger partial charge < -0.3 is 15.7 Å². The molecule has 0 aromatic heterocycles. The van der Waals surface area contributed by atoms with E-state index in [1.165, 1.54) is 0 Å². The molecule has 2 rings (SSSR count). The Balaban J connectivity index is 1.92. The van der Waals surface area contributed by atoms with Crippen molar-refractivity contribution in [2.45, 2.75) is 38.5 Å². The van der Waals surface area contributed by atoms with Crippen molar-refractivity contribution in [3.63, 3.8) is 0 Å². The maximum atomic E-state index is 12.1. The van der Waals surface area contributed by atoms with E-state index in [1.54, 1.807) is 0 Å². The van der Waals surface area contributed by atoms with Crippen LogP contribution in [0.15, 0.2) is 24.3 Å². The monoisotopic (exact) mass is 248 g/mol. The second-order valence-electron chi connectivity index (χ2n) is 5.02. The van der Waals surface area contributed by atoms with Gasteiger partial charge in [0.1, 0.15) is 0 Å². The molecule has 98 valence electrons. The number of rotatable bonds is 4. The lowest BCUT2D eigenvalue weighted by Gasteiger charge is -2.23. The summed E-state index contributed by atoms with van der Waals surface area (Å²) >= 11 is 0. The number of aliphatic hydroxyl groups excluding tert-OH is 1. The molecule has 1 unspecified atom stereocenters. The average molecular weight is 248 g/mol. The molecule has 1 aromatic carbocycles. The van der Waals surface area contributed by atoms with Crippen LogP contribution in [-0.4, -0.2) is 23.1 Å². The molecule has 1 amide bonds. The van der Waals surface area contributed by atoms with Crippen LogP contribution in [-0.2, 0) is 17.9 Å². The fourth-order valence-corrected chi connectivity index (χ4v) is 2.30. The minimum atomic E-state index is -0.422. The van der Waals surface area contributed by atoms with Crippen LogP contribution in [0.1, 0.15) is 30.9 Å². The van der Waals surface area contributed by atoms with Crippen LogP contribution in [0.3, 0.4) is 0 Å². The van der Waals surface area contributed by atoms with Crippen molar-refractivity contribution in [1.29, 1.82) is 0 Å². The van der Waals surface area contributed by atoms with E-state index >= 15 is 0 Å². The molecule has 4 heteroatoms. The van der Waals surface area contributed by atoms with Crippen molar-refractivity contribution in [1.82, 2.24) is 10.6 Å². The number of nitrogens with one attached hydrogen (secondary N) is 2. The van der Waals surface area contributed by atoms with Crippen LogP contribution >= 0.6 is 0 Å². The summed E-state index contributed by atoms with van der Waals surface area (Å²) in [6.45, 7) is 3.38. The first-order valence-electron chi connectivity index (χ1n) is 6.36. The third-order valence-electron chi connectivity index (χ3n) is 3.50. The smallest absolute Gasteiger partial charge is 0.240 e. The van der Waals surface area contributed by atoms with Gasteiger partial charge in [0.2, 0.25) is 5.91 Å². The average Bonchev–Trinajstić information content (AvgIpc) is 2.84. The first kappa shape index (κ1) is 13.1. The molecule has 0 spiro atoms. The highest BCUT2D eigenvalue weighted by Crippen LogP contribution is 2.18. The van der Waals surface area contributed by atoms with Gasteiger partial charge in [0.15, 0.2) is 0 Å². The summed E-state index contributed by atoms with van der Waals surface area (Å²) < 4.78 is 0. The van der Waals surface area contributed by atoms with Crippen molar-refractivity contribution in [3.05, 3.63) is 35.4 Å². The van der Waals surface area contributed by atoms with E-state index in [9.17, 15) is 4.79 Å². The SMILES string of the molecule is CC1(C(=O)NCc2cccc(CO)c2)CCCN1. The summed E-state index contributed by atoms with van der Waals surface area (Å²) in [5, 5.41) is 15.2. The minimum absolute atomic E-state index is 0.0288. The molecule has 3 N–H and O–H groups in total. The molecule has 1 heterocycles. The van der Waals surface area contributed by atoms with Gasteiger partial charge in [-0.15, -0.1) is 0 Å². The summed E-state index contributed by atoms with van der Waals surface area (Å²) in [6, 6.07) is 7.61. The lowest BCUT2D eigenvalue weighted by atomic mass is 9.99. The number of aliphatic hydroxyl groups is 1. The Morgan fingerprint density at radius 1 is 1.50 bits per heavy atom. The number of benzene rings is 1. The second kappa shape index (κ2) is 5.50. The quantitative estimate of drug-likeness (QED) is 0.743. The second-order valence-corrected chi connectivity index (χ2v) is 5.02. The van der Waals surface area contributed by atoms with Gasteiger partial charge in [-0.2, -0.15) is 0 Å². The van der Waals surface area contributed by atoms with E-state index in [0.29, 0.717) is 6.54 Å². The summed E-state index contributed by atoms with van der Waals surface area (Å²) in [5.41, 5.74) is 1.46. The van der Waals surface area contributed by atoms with Gasteiger partial charge in [-0.3, -0.25) is 4.79 Å². The van der Waals surface area contributed by atoms with E-state index < -0.39 is 5.54 Å². The molecule has 0 radical (unpaired) electrons. The predicted molar refractivity (Wildman–Crippen MR) is 69.9 cm³/mol. The number of carbonyl (C=O) groups is 1. The van der Waals surface area contributed by atoms with Gasteiger partial charge in [0.25, 0.3) is 0 Å². The largest absolute Gasteiger partial charge is 0.392 e. The highest BCUT2D eigenvalue weighted by molar-refractivity contribution is 5.86. The Morgan fingerprint density at radius 2 is 2.28 bits per heavy atom. The van der Waals surface area contributed by atoms with E-state index in [4.69, 9.17) is 5.11 Å². The molecule has 1 fully saturated rings. The van der Waals surface area contributed by atoms with Gasteiger partial charge >= 0.3 is 0 Å². The zero-order valence-electron chi connectivity index (χ0n) is 10.7. The predicted octanol–water partition coefficient (Wildman–Crippen LogP) is 0.937. The van der Waals surface area contributed by atoms with Crippen molar-refractivity contribution >= 4 is 5.91 Å². The Kier molecular flexibility index (Phi) is 3.99. The van der Waals surface area contributed by atoms with E-state index in [1.807, 2.05) is 31.2 Å². The highest BCUT2D eigenvalue weighted by atomic mass is 16.3. The topological polar surface area (TPSA) is 61.4 Å². The fourth-order valence-electron chi connectivity index (χ4n) is 2.30. The van der Waals surface area contributed by atoms with Crippen molar-refractivity contribution in [2.75, 3.05) is 6.54 Å². The maximum Gasteiger partial charge on any atom is 0.240 e. The van der Waals surface area contributed by atoms with E-state index in [0.717, 1.165) is 30.5 Å². The Labute approximate surface area is 107 Å². The molecule has 1 aliphatic heterocycles. The molecule has 0 aliphatic carbocycles. The lowest BCUT2D eigenvalue weighted by Crippen LogP contribution is -2.50. The summed E-state index contributed by atoms with van der Waals surface area (Å²) in [5.74, 6) is 0.0504. The number of amides is 1. The van der Waals surface area contributed by atoms with Crippen LogP contribution in [0.2, 0.25) is 0 Å². The van der Waals surface area contributed by atoms with Crippen LogP contribution in [0.25, 0.3) is 0 Å². The Hall–Kier alpha value is -1.39. The van der Waals surface area contributed by atoms with Crippen molar-refractivity contribution in [2.24, 2.45) is 0 Å². The van der Waals surface area contributed by atoms with Crippen LogP contribution in [0.4, 0.5) is 0 Å². The Morgan fingerprint density at radius 3 is 2.94 bits per heavy atom. The van der Waals surface area contributed by atoms with Crippen LogP contribution in [0, 0.1) is 0 Å². The molecular formula is C14H20N2O2. The molecule has 1 saturated heterocycles. The molecule has 4 nitrogen and oxygen atoms in total. The standard InChI is InChI=1S/C14H20N2O2/c1-14(6-3-7-16-14)13(18)15-9-11-4-2-5-12(8-11)10-17/h2,4-5,8,16-17H,3,6-7,9-10H2,1H3,(H,15,18). The highest BCUT2D eigenvalue weighted by Gasteiger charge is 2.35. The first-order valence-corrected chi connectivity index (χ1v) is 6.36. The van der Waals surface area contributed by atoms with Gasteiger partial charge in [-0.1, -0.05) is 24.3 Å².